The number of ether oxygens (including phenoxy) is 1. The summed E-state index contributed by atoms with van der Waals surface area (Å²) >= 11 is 0. The first-order chi connectivity index (χ1) is 13.0. The Bertz CT molecular complexity index is 1170. The van der Waals surface area contributed by atoms with Gasteiger partial charge in [-0.15, -0.1) is 5.10 Å². The molecule has 4 heterocycles. The number of fused-ring (bicyclic) bond motifs is 2. The molecule has 0 aliphatic heterocycles. The molecule has 12 nitrogen and oxygen atoms in total. The van der Waals surface area contributed by atoms with Crippen LogP contribution in [0.4, 0.5) is 5.82 Å². The first-order valence-electron chi connectivity index (χ1n) is 7.87. The third-order valence-corrected chi connectivity index (χ3v) is 3.73. The van der Waals surface area contributed by atoms with Gasteiger partial charge in [-0.25, -0.2) is 29.2 Å². The summed E-state index contributed by atoms with van der Waals surface area (Å²) in [6.07, 6.45) is 3.16. The minimum atomic E-state index is -1.11. The largest absolute Gasteiger partial charge is 0.447 e. The number of carbonyl (C=O) groups excluding carboxylic acids is 2. The lowest BCUT2D eigenvalue weighted by Crippen LogP contribution is -2.30. The minimum Gasteiger partial charge on any atom is -0.447 e. The number of carbonyl (C=O) groups is 2. The number of esters is 1. The highest BCUT2D eigenvalue weighted by molar-refractivity contribution is 6.00. The van der Waals surface area contributed by atoms with E-state index in [0.29, 0.717) is 11.2 Å². The average Bonchev–Trinajstić information content (AvgIpc) is 3.29. The summed E-state index contributed by atoms with van der Waals surface area (Å²) in [5, 5.41) is 6.61. The van der Waals surface area contributed by atoms with Gasteiger partial charge in [-0.1, -0.05) is 0 Å². The van der Waals surface area contributed by atoms with Gasteiger partial charge in [0.15, 0.2) is 17.6 Å². The predicted molar refractivity (Wildman–Crippen MR) is 90.7 cm³/mol. The van der Waals surface area contributed by atoms with Crippen molar-refractivity contribution in [3.8, 4) is 0 Å². The van der Waals surface area contributed by atoms with Crippen LogP contribution < -0.4 is 5.32 Å². The molecule has 0 bridgehead atoms. The fourth-order valence-corrected chi connectivity index (χ4v) is 2.34. The molecule has 0 radical (unpaired) electrons. The molecule has 4 aromatic rings. The molecule has 4 rings (SSSR count). The van der Waals surface area contributed by atoms with E-state index in [2.05, 4.69) is 40.3 Å². The first kappa shape index (κ1) is 16.5. The van der Waals surface area contributed by atoms with Gasteiger partial charge in [-0.2, -0.15) is 4.98 Å². The number of rotatable bonds is 4. The van der Waals surface area contributed by atoms with Crippen LogP contribution in [0.15, 0.2) is 24.9 Å². The number of imidazole rings is 1. The number of aromatic amines is 1. The zero-order valence-electron chi connectivity index (χ0n) is 14.2. The van der Waals surface area contributed by atoms with Gasteiger partial charge in [0.25, 0.3) is 17.5 Å². The monoisotopic (exact) mass is 367 g/mol. The number of hydrogen-bond acceptors (Lipinski definition) is 9. The van der Waals surface area contributed by atoms with Crippen LogP contribution in [0.5, 0.6) is 0 Å². The molecule has 0 saturated carbocycles. The second-order valence-corrected chi connectivity index (χ2v) is 5.59. The molecule has 0 aliphatic rings. The highest BCUT2D eigenvalue weighted by Crippen LogP contribution is 2.15. The molecule has 1 atom stereocenters. The molecule has 136 valence electrons. The molecule has 12 heteroatoms. The third-order valence-electron chi connectivity index (χ3n) is 3.73. The fraction of sp³-hybridized carbons (Fsp3) is 0.200. The molecule has 0 saturated heterocycles. The molecule has 1 amide bonds. The van der Waals surface area contributed by atoms with Crippen LogP contribution in [0.25, 0.3) is 16.9 Å². The second-order valence-electron chi connectivity index (χ2n) is 5.59. The van der Waals surface area contributed by atoms with E-state index < -0.39 is 18.0 Å². The van der Waals surface area contributed by atoms with Gasteiger partial charge >= 0.3 is 5.97 Å². The zero-order chi connectivity index (χ0) is 19.0. The van der Waals surface area contributed by atoms with E-state index in [1.807, 2.05) is 0 Å². The smallest absolute Gasteiger partial charge is 0.379 e. The van der Waals surface area contributed by atoms with Crippen molar-refractivity contribution < 1.29 is 14.3 Å². The Morgan fingerprint density at radius 1 is 1.26 bits per heavy atom. The summed E-state index contributed by atoms with van der Waals surface area (Å²) in [5.74, 6) is -1.10. The molecular formula is C15H13N9O3. The van der Waals surface area contributed by atoms with Gasteiger partial charge in [0, 0.05) is 11.9 Å². The quantitative estimate of drug-likeness (QED) is 0.484. The van der Waals surface area contributed by atoms with E-state index in [0.717, 1.165) is 5.69 Å². The van der Waals surface area contributed by atoms with E-state index in [1.165, 1.54) is 24.1 Å². The Kier molecular flexibility index (Phi) is 3.91. The van der Waals surface area contributed by atoms with E-state index in [-0.39, 0.29) is 17.4 Å². The summed E-state index contributed by atoms with van der Waals surface area (Å²) in [6.45, 7) is 3.23. The van der Waals surface area contributed by atoms with E-state index >= 15 is 0 Å². The van der Waals surface area contributed by atoms with Crippen molar-refractivity contribution in [2.75, 3.05) is 5.32 Å². The number of aromatic nitrogens is 8. The Balaban J connectivity index is 1.48. The molecule has 27 heavy (non-hydrogen) atoms. The first-order valence-corrected chi connectivity index (χ1v) is 7.87. The van der Waals surface area contributed by atoms with Crippen molar-refractivity contribution in [3.05, 3.63) is 36.4 Å². The lowest BCUT2D eigenvalue weighted by molar-refractivity contribution is -0.123. The van der Waals surface area contributed by atoms with Crippen LogP contribution in [0, 0.1) is 6.92 Å². The number of aryl methyl sites for hydroxylation is 1. The van der Waals surface area contributed by atoms with E-state index in [1.54, 1.807) is 19.2 Å². The van der Waals surface area contributed by atoms with Gasteiger partial charge in [0.2, 0.25) is 0 Å². The number of hydrogen-bond donors (Lipinski definition) is 2. The molecule has 2 N–H and O–H groups in total. The summed E-state index contributed by atoms with van der Waals surface area (Å²) < 4.78 is 6.56. The standard InChI is InChI=1S/C15H13N9O3/c1-7-3-4-16-15-22-12(23-24(7)15)14(26)27-8(2)13(25)21-11-9-10(18-5-17-9)19-6-20-11/h3-6,8H,1-2H3,(H2,17,18,19,20,21,25). The Morgan fingerprint density at radius 3 is 2.93 bits per heavy atom. The lowest BCUT2D eigenvalue weighted by Gasteiger charge is -2.12. The van der Waals surface area contributed by atoms with Gasteiger partial charge < -0.3 is 15.0 Å². The Morgan fingerprint density at radius 2 is 2.11 bits per heavy atom. The molecule has 0 aromatic carbocycles. The summed E-state index contributed by atoms with van der Waals surface area (Å²) in [6, 6.07) is 1.73. The molecule has 4 aromatic heterocycles. The lowest BCUT2D eigenvalue weighted by atomic mass is 10.3. The molecule has 0 fully saturated rings. The Labute approximate surface area is 151 Å². The number of nitrogens with one attached hydrogen (secondary N) is 2. The van der Waals surface area contributed by atoms with Crippen molar-refractivity contribution in [3.63, 3.8) is 0 Å². The third kappa shape index (κ3) is 3.03. The van der Waals surface area contributed by atoms with Crippen LogP contribution >= 0.6 is 0 Å². The number of H-pyrrole nitrogens is 1. The number of nitrogens with zero attached hydrogens (tertiary/aromatic N) is 7. The number of anilines is 1. The highest BCUT2D eigenvalue weighted by Gasteiger charge is 2.23. The van der Waals surface area contributed by atoms with Crippen LogP contribution in [0.2, 0.25) is 0 Å². The van der Waals surface area contributed by atoms with Crippen LogP contribution in [-0.2, 0) is 9.53 Å². The normalized spacial score (nSPS) is 12.2. The SMILES string of the molecule is Cc1ccnc2nc(C(=O)OC(C)C(=O)Nc3ncnc4nc[nH]c34)nn12. The summed E-state index contributed by atoms with van der Waals surface area (Å²) in [7, 11) is 0. The van der Waals surface area contributed by atoms with Gasteiger partial charge in [-0.3, -0.25) is 4.79 Å². The minimum absolute atomic E-state index is 0.186. The highest BCUT2D eigenvalue weighted by atomic mass is 16.5. The van der Waals surface area contributed by atoms with Gasteiger partial charge in [0.1, 0.15) is 11.8 Å². The summed E-state index contributed by atoms with van der Waals surface area (Å²) in [4.78, 5) is 47.4. The van der Waals surface area contributed by atoms with Crippen molar-refractivity contribution >= 4 is 34.6 Å². The van der Waals surface area contributed by atoms with Crippen LogP contribution in [-0.4, -0.2) is 57.5 Å². The maximum Gasteiger partial charge on any atom is 0.379 e. The second kappa shape index (κ2) is 6.40. The predicted octanol–water partition coefficient (Wildman–Crippen LogP) is 0.283. The van der Waals surface area contributed by atoms with Crippen LogP contribution in [0.1, 0.15) is 23.2 Å². The van der Waals surface area contributed by atoms with E-state index in [4.69, 9.17) is 4.74 Å². The van der Waals surface area contributed by atoms with Gasteiger partial charge in [0.05, 0.1) is 6.33 Å². The Hall–Kier alpha value is -3.96. The topological polar surface area (TPSA) is 153 Å². The molecule has 1 unspecified atom stereocenters. The zero-order valence-corrected chi connectivity index (χ0v) is 14.2. The van der Waals surface area contributed by atoms with Crippen molar-refractivity contribution in [2.24, 2.45) is 0 Å². The average molecular weight is 367 g/mol. The van der Waals surface area contributed by atoms with Gasteiger partial charge in [-0.05, 0) is 19.9 Å². The van der Waals surface area contributed by atoms with Crippen molar-refractivity contribution in [1.82, 2.24) is 39.5 Å². The maximum absolute atomic E-state index is 12.3. The van der Waals surface area contributed by atoms with Crippen LogP contribution in [0.3, 0.4) is 0 Å². The van der Waals surface area contributed by atoms with E-state index in [9.17, 15) is 9.59 Å². The molecular weight excluding hydrogens is 354 g/mol. The number of amides is 1. The fourth-order valence-electron chi connectivity index (χ4n) is 2.34. The maximum atomic E-state index is 12.3. The summed E-state index contributed by atoms with van der Waals surface area (Å²) in [5.41, 5.74) is 1.62. The molecule has 0 spiro atoms. The van der Waals surface area contributed by atoms with Crippen molar-refractivity contribution in [2.45, 2.75) is 20.0 Å². The molecule has 0 aliphatic carbocycles. The van der Waals surface area contributed by atoms with Crippen molar-refractivity contribution in [1.29, 1.82) is 0 Å².